The highest BCUT2D eigenvalue weighted by atomic mass is 19.1. The first-order valence-electron chi connectivity index (χ1n) is 11.8. The summed E-state index contributed by atoms with van der Waals surface area (Å²) in [6.45, 7) is 7.61. The van der Waals surface area contributed by atoms with E-state index in [1.165, 1.54) is 11.3 Å². The molecule has 1 aliphatic rings. The zero-order valence-electron chi connectivity index (χ0n) is 19.9. The van der Waals surface area contributed by atoms with Crippen molar-refractivity contribution in [3.63, 3.8) is 0 Å². The lowest BCUT2D eigenvalue weighted by Crippen LogP contribution is -2.45. The summed E-state index contributed by atoms with van der Waals surface area (Å²) >= 11 is 0. The van der Waals surface area contributed by atoms with Crippen LogP contribution in [0.3, 0.4) is 0 Å². The molecule has 0 spiro atoms. The van der Waals surface area contributed by atoms with Crippen molar-refractivity contribution < 1.29 is 9.18 Å². The summed E-state index contributed by atoms with van der Waals surface area (Å²) in [5.74, 6) is -0.193. The molecule has 5 nitrogen and oxygen atoms in total. The van der Waals surface area contributed by atoms with Gasteiger partial charge < -0.3 is 5.32 Å². The molecule has 0 saturated carbocycles. The van der Waals surface area contributed by atoms with E-state index in [1.54, 1.807) is 13.1 Å². The minimum absolute atomic E-state index is 0.0303. The van der Waals surface area contributed by atoms with E-state index in [-0.39, 0.29) is 17.8 Å². The Balaban J connectivity index is 1.75. The standard InChI is InChI=1S/C27H33FN4O/c1-5-32-24-15-16-31(26(27(33)29-4)21-9-7-6-8-10-21)23(25(24)19(3)30-32)14-13-20-12-11-18(2)17-22(20)28/h6-12,17,23,26H,5,13-16H2,1-4H3,(H,29,33)/t23-,26+/m0/s1. The number of amides is 1. The van der Waals surface area contributed by atoms with Crippen molar-refractivity contribution in [3.8, 4) is 0 Å². The summed E-state index contributed by atoms with van der Waals surface area (Å²) in [6, 6.07) is 14.9. The molecule has 0 unspecified atom stereocenters. The first-order chi connectivity index (χ1) is 15.9. The van der Waals surface area contributed by atoms with Gasteiger partial charge in [0, 0.05) is 43.9 Å². The summed E-state index contributed by atoms with van der Waals surface area (Å²) in [5, 5.41) is 7.66. The molecule has 2 atom stereocenters. The van der Waals surface area contributed by atoms with Crippen LogP contribution in [-0.2, 0) is 24.2 Å². The predicted molar refractivity (Wildman–Crippen MR) is 128 cm³/mol. The fourth-order valence-electron chi connectivity index (χ4n) is 5.19. The van der Waals surface area contributed by atoms with Gasteiger partial charge in [0.05, 0.1) is 5.69 Å². The third-order valence-electron chi connectivity index (χ3n) is 6.76. The van der Waals surface area contributed by atoms with E-state index in [4.69, 9.17) is 5.10 Å². The Kier molecular flexibility index (Phi) is 6.94. The van der Waals surface area contributed by atoms with Gasteiger partial charge in [-0.25, -0.2) is 4.39 Å². The van der Waals surface area contributed by atoms with Crippen molar-refractivity contribution in [2.24, 2.45) is 0 Å². The van der Waals surface area contributed by atoms with E-state index in [0.29, 0.717) is 18.4 Å². The summed E-state index contributed by atoms with van der Waals surface area (Å²) < 4.78 is 16.7. The maximum Gasteiger partial charge on any atom is 0.241 e. The van der Waals surface area contributed by atoms with Crippen molar-refractivity contribution in [1.82, 2.24) is 20.0 Å². The van der Waals surface area contributed by atoms with E-state index >= 15 is 0 Å². The van der Waals surface area contributed by atoms with E-state index in [9.17, 15) is 9.18 Å². The molecule has 33 heavy (non-hydrogen) atoms. The molecule has 0 saturated heterocycles. The Morgan fingerprint density at radius 3 is 2.64 bits per heavy atom. The van der Waals surface area contributed by atoms with Crippen LogP contribution in [0.2, 0.25) is 0 Å². The molecule has 0 aliphatic carbocycles. The second-order valence-corrected chi connectivity index (χ2v) is 8.83. The Morgan fingerprint density at radius 2 is 1.97 bits per heavy atom. The highest BCUT2D eigenvalue weighted by Crippen LogP contribution is 2.40. The quantitative estimate of drug-likeness (QED) is 0.571. The SMILES string of the molecule is CCn1nc(C)c2c1CCN([C@@H](C(=O)NC)c1ccccc1)[C@H]2CCc1ccc(C)cc1F. The molecule has 4 rings (SSSR count). The lowest BCUT2D eigenvalue weighted by molar-refractivity contribution is -0.127. The molecular weight excluding hydrogens is 415 g/mol. The number of hydrogen-bond acceptors (Lipinski definition) is 3. The highest BCUT2D eigenvalue weighted by Gasteiger charge is 2.39. The van der Waals surface area contributed by atoms with Crippen LogP contribution < -0.4 is 5.32 Å². The van der Waals surface area contributed by atoms with Crippen molar-refractivity contribution in [3.05, 3.63) is 88.0 Å². The second kappa shape index (κ2) is 9.87. The number of fused-ring (bicyclic) bond motifs is 1. The molecule has 3 aromatic rings. The van der Waals surface area contributed by atoms with Crippen molar-refractivity contribution in [2.75, 3.05) is 13.6 Å². The van der Waals surface area contributed by atoms with E-state index < -0.39 is 6.04 Å². The van der Waals surface area contributed by atoms with Crippen LogP contribution >= 0.6 is 0 Å². The minimum Gasteiger partial charge on any atom is -0.358 e. The summed E-state index contributed by atoms with van der Waals surface area (Å²) in [5.41, 5.74) is 6.03. The fraction of sp³-hybridized carbons (Fsp3) is 0.407. The van der Waals surface area contributed by atoms with Gasteiger partial charge in [-0.05, 0) is 56.4 Å². The number of likely N-dealkylation sites (N-methyl/N-ethyl adjacent to an activating group) is 1. The number of nitrogens with zero attached hydrogens (tertiary/aromatic N) is 3. The third-order valence-corrected chi connectivity index (χ3v) is 6.76. The first kappa shape index (κ1) is 23.2. The zero-order valence-corrected chi connectivity index (χ0v) is 19.9. The molecule has 2 heterocycles. The lowest BCUT2D eigenvalue weighted by atomic mass is 9.88. The Morgan fingerprint density at radius 1 is 1.21 bits per heavy atom. The average Bonchev–Trinajstić information content (AvgIpc) is 3.15. The first-order valence-corrected chi connectivity index (χ1v) is 11.8. The maximum absolute atomic E-state index is 14.6. The van der Waals surface area contributed by atoms with Crippen molar-refractivity contribution >= 4 is 5.91 Å². The van der Waals surface area contributed by atoms with Gasteiger partial charge >= 0.3 is 0 Å². The average molecular weight is 449 g/mol. The van der Waals surface area contributed by atoms with E-state index in [2.05, 4.69) is 21.8 Å². The number of aryl methyl sites for hydroxylation is 4. The molecule has 1 aliphatic heterocycles. The van der Waals surface area contributed by atoms with Gasteiger partial charge in [-0.3, -0.25) is 14.4 Å². The van der Waals surface area contributed by atoms with Gasteiger partial charge in [-0.15, -0.1) is 0 Å². The smallest absolute Gasteiger partial charge is 0.241 e. The number of benzene rings is 2. The Bertz CT molecular complexity index is 1120. The zero-order chi connectivity index (χ0) is 23.5. The Labute approximate surface area is 195 Å². The van der Waals surface area contributed by atoms with Crippen molar-refractivity contribution in [2.45, 2.75) is 58.7 Å². The maximum atomic E-state index is 14.6. The predicted octanol–water partition coefficient (Wildman–Crippen LogP) is 4.68. The molecular formula is C27H33FN4O. The monoisotopic (exact) mass is 448 g/mol. The number of nitrogens with one attached hydrogen (secondary N) is 1. The van der Waals surface area contributed by atoms with Gasteiger partial charge in [0.25, 0.3) is 0 Å². The number of halogens is 1. The third kappa shape index (κ3) is 4.58. The number of rotatable bonds is 7. The van der Waals surface area contributed by atoms with Crippen LogP contribution in [0.5, 0.6) is 0 Å². The molecule has 1 aromatic heterocycles. The normalized spacial score (nSPS) is 16.9. The highest BCUT2D eigenvalue weighted by molar-refractivity contribution is 5.83. The number of carbonyl (C=O) groups is 1. The number of aromatic nitrogens is 2. The summed E-state index contributed by atoms with van der Waals surface area (Å²) in [6.07, 6.45) is 2.14. The molecule has 6 heteroatoms. The van der Waals surface area contributed by atoms with Gasteiger partial charge in [-0.1, -0.05) is 42.5 Å². The van der Waals surface area contributed by atoms with Gasteiger partial charge in [-0.2, -0.15) is 5.10 Å². The topological polar surface area (TPSA) is 50.2 Å². The summed E-state index contributed by atoms with van der Waals surface area (Å²) in [7, 11) is 1.69. The van der Waals surface area contributed by atoms with E-state index in [1.807, 2.05) is 56.3 Å². The van der Waals surface area contributed by atoms with Gasteiger partial charge in [0.2, 0.25) is 5.91 Å². The van der Waals surface area contributed by atoms with Crippen LogP contribution in [0, 0.1) is 19.7 Å². The van der Waals surface area contributed by atoms with Gasteiger partial charge in [0.15, 0.2) is 0 Å². The molecule has 174 valence electrons. The molecule has 1 amide bonds. The largest absolute Gasteiger partial charge is 0.358 e. The number of hydrogen-bond donors (Lipinski definition) is 1. The van der Waals surface area contributed by atoms with Gasteiger partial charge in [0.1, 0.15) is 11.9 Å². The summed E-state index contributed by atoms with van der Waals surface area (Å²) in [4.78, 5) is 15.4. The van der Waals surface area contributed by atoms with E-state index in [0.717, 1.165) is 36.3 Å². The number of carbonyl (C=O) groups excluding carboxylic acids is 1. The fourth-order valence-corrected chi connectivity index (χ4v) is 5.19. The van der Waals surface area contributed by atoms with Crippen LogP contribution in [0.4, 0.5) is 4.39 Å². The second-order valence-electron chi connectivity index (χ2n) is 8.83. The molecule has 0 fully saturated rings. The molecule has 2 aromatic carbocycles. The van der Waals surface area contributed by atoms with Crippen molar-refractivity contribution in [1.29, 1.82) is 0 Å². The van der Waals surface area contributed by atoms with Crippen LogP contribution in [-0.4, -0.2) is 34.2 Å². The van der Waals surface area contributed by atoms with Crippen LogP contribution in [0.1, 0.15) is 59.1 Å². The minimum atomic E-state index is -0.415. The van der Waals surface area contributed by atoms with Crippen LogP contribution in [0.15, 0.2) is 48.5 Å². The van der Waals surface area contributed by atoms with Crippen LogP contribution in [0.25, 0.3) is 0 Å². The molecule has 0 bridgehead atoms. The Hall–Kier alpha value is -2.99. The molecule has 1 N–H and O–H groups in total. The lowest BCUT2D eigenvalue weighted by Gasteiger charge is -2.41. The molecule has 0 radical (unpaired) electrons.